The molecule has 2 saturated carbocycles. The van der Waals surface area contributed by atoms with Crippen LogP contribution in [0, 0.1) is 23.7 Å². The van der Waals surface area contributed by atoms with Crippen LogP contribution in [0.5, 0.6) is 0 Å². The molecule has 1 amide bonds. The minimum Gasteiger partial charge on any atom is -0.481 e. The highest BCUT2D eigenvalue weighted by Gasteiger charge is 2.42. The van der Waals surface area contributed by atoms with Gasteiger partial charge in [-0.3, -0.25) is 9.59 Å². The Morgan fingerprint density at radius 3 is 2.33 bits per heavy atom. The summed E-state index contributed by atoms with van der Waals surface area (Å²) in [6.45, 7) is 2.80. The molecular weight excluding hydrogens is 230 g/mol. The van der Waals surface area contributed by atoms with Gasteiger partial charge >= 0.3 is 5.97 Å². The molecule has 0 heterocycles. The Kier molecular flexibility index (Phi) is 4.25. The number of hydrogen-bond acceptors (Lipinski definition) is 2. The van der Waals surface area contributed by atoms with E-state index < -0.39 is 11.9 Å². The molecule has 0 saturated heterocycles. The van der Waals surface area contributed by atoms with E-state index in [2.05, 4.69) is 12.2 Å². The van der Waals surface area contributed by atoms with Crippen LogP contribution in [0.1, 0.15) is 45.4 Å². The van der Waals surface area contributed by atoms with E-state index in [1.807, 2.05) is 0 Å². The van der Waals surface area contributed by atoms with Gasteiger partial charge in [0.05, 0.1) is 11.8 Å². The van der Waals surface area contributed by atoms with Crippen LogP contribution in [0.15, 0.2) is 0 Å². The number of carbonyl (C=O) groups excluding carboxylic acids is 1. The molecule has 0 radical (unpaired) electrons. The van der Waals surface area contributed by atoms with Crippen molar-refractivity contribution in [3.05, 3.63) is 0 Å². The first kappa shape index (κ1) is 13.4. The van der Waals surface area contributed by atoms with Crippen LogP contribution in [0.3, 0.4) is 0 Å². The number of carbonyl (C=O) groups is 2. The maximum absolute atomic E-state index is 12.1. The van der Waals surface area contributed by atoms with Gasteiger partial charge in [-0.25, -0.2) is 0 Å². The predicted octanol–water partition coefficient (Wildman–Crippen LogP) is 2.04. The Morgan fingerprint density at radius 1 is 1.17 bits per heavy atom. The van der Waals surface area contributed by atoms with Crippen molar-refractivity contribution >= 4 is 11.9 Å². The summed E-state index contributed by atoms with van der Waals surface area (Å²) in [7, 11) is 0. The van der Waals surface area contributed by atoms with E-state index in [9.17, 15) is 14.7 Å². The lowest BCUT2D eigenvalue weighted by Gasteiger charge is -2.26. The fourth-order valence-corrected chi connectivity index (χ4v) is 3.11. The standard InChI is InChI=1S/C14H23NO3/c1-2-9-6-11(12(7-9)14(17)18)13(16)15-8-10-4-3-5-10/h9-12H,2-8H2,1H3,(H,15,16)(H,17,18). The first-order valence-electron chi connectivity index (χ1n) is 7.12. The number of rotatable bonds is 5. The van der Waals surface area contributed by atoms with Gasteiger partial charge in [0.2, 0.25) is 5.91 Å². The number of hydrogen-bond donors (Lipinski definition) is 2. The summed E-state index contributed by atoms with van der Waals surface area (Å²) in [5.74, 6) is -0.616. The molecular formula is C14H23NO3. The molecule has 3 atom stereocenters. The predicted molar refractivity (Wildman–Crippen MR) is 68.0 cm³/mol. The summed E-state index contributed by atoms with van der Waals surface area (Å²) in [6.07, 6.45) is 6.03. The second-order valence-corrected chi connectivity index (χ2v) is 5.84. The highest BCUT2D eigenvalue weighted by atomic mass is 16.4. The van der Waals surface area contributed by atoms with Crippen LogP contribution in [0.4, 0.5) is 0 Å². The molecule has 0 bridgehead atoms. The number of aliphatic carboxylic acids is 1. The number of amides is 1. The molecule has 0 aromatic rings. The van der Waals surface area contributed by atoms with Crippen molar-refractivity contribution in [3.63, 3.8) is 0 Å². The fraction of sp³-hybridized carbons (Fsp3) is 0.857. The average Bonchev–Trinajstić information content (AvgIpc) is 2.70. The number of carboxylic acids is 1. The Morgan fingerprint density at radius 2 is 1.83 bits per heavy atom. The van der Waals surface area contributed by atoms with Gasteiger partial charge in [-0.2, -0.15) is 0 Å². The lowest BCUT2D eigenvalue weighted by atomic mass is 9.85. The van der Waals surface area contributed by atoms with Crippen LogP contribution in [0.2, 0.25) is 0 Å². The van der Waals surface area contributed by atoms with Crippen molar-refractivity contribution in [2.75, 3.05) is 6.54 Å². The molecule has 0 aliphatic heterocycles. The van der Waals surface area contributed by atoms with Gasteiger partial charge in [0, 0.05) is 6.54 Å². The van der Waals surface area contributed by atoms with Crippen LogP contribution in [-0.4, -0.2) is 23.5 Å². The lowest BCUT2D eigenvalue weighted by Crippen LogP contribution is -2.39. The highest BCUT2D eigenvalue weighted by Crippen LogP contribution is 2.38. The zero-order valence-electron chi connectivity index (χ0n) is 11.0. The van der Waals surface area contributed by atoms with E-state index in [4.69, 9.17) is 0 Å². The molecule has 4 heteroatoms. The minimum atomic E-state index is -0.810. The van der Waals surface area contributed by atoms with Crippen molar-refractivity contribution in [1.82, 2.24) is 5.32 Å². The molecule has 2 rings (SSSR count). The molecule has 2 N–H and O–H groups in total. The SMILES string of the molecule is CCC1CC(C(=O)O)C(C(=O)NCC2CCC2)C1. The zero-order valence-corrected chi connectivity index (χ0v) is 11.0. The number of carboxylic acid groups (broad SMARTS) is 1. The summed E-state index contributed by atoms with van der Waals surface area (Å²) in [5.41, 5.74) is 0. The second-order valence-electron chi connectivity index (χ2n) is 5.84. The molecule has 0 aromatic heterocycles. The monoisotopic (exact) mass is 253 g/mol. The van der Waals surface area contributed by atoms with Gasteiger partial charge in [0.15, 0.2) is 0 Å². The summed E-state index contributed by atoms with van der Waals surface area (Å²) < 4.78 is 0. The van der Waals surface area contributed by atoms with E-state index in [-0.39, 0.29) is 11.8 Å². The van der Waals surface area contributed by atoms with E-state index in [1.54, 1.807) is 0 Å². The molecule has 0 spiro atoms. The number of nitrogens with one attached hydrogen (secondary N) is 1. The highest BCUT2D eigenvalue weighted by molar-refractivity contribution is 5.85. The third-order valence-corrected chi connectivity index (χ3v) is 4.68. The van der Waals surface area contributed by atoms with Gasteiger partial charge in [-0.1, -0.05) is 19.8 Å². The van der Waals surface area contributed by atoms with Gasteiger partial charge in [-0.05, 0) is 37.5 Å². The van der Waals surface area contributed by atoms with Gasteiger partial charge in [0.25, 0.3) is 0 Å². The lowest BCUT2D eigenvalue weighted by molar-refractivity contribution is -0.146. The normalized spacial score (nSPS) is 31.9. The van der Waals surface area contributed by atoms with Gasteiger partial charge < -0.3 is 10.4 Å². The van der Waals surface area contributed by atoms with Crippen LogP contribution in [0.25, 0.3) is 0 Å². The Bertz CT molecular complexity index is 325. The molecule has 0 aromatic carbocycles. The molecule has 3 unspecified atom stereocenters. The van der Waals surface area contributed by atoms with E-state index >= 15 is 0 Å². The van der Waals surface area contributed by atoms with Crippen molar-refractivity contribution in [2.45, 2.75) is 45.4 Å². The molecule has 2 aliphatic carbocycles. The van der Waals surface area contributed by atoms with Crippen LogP contribution in [-0.2, 0) is 9.59 Å². The van der Waals surface area contributed by atoms with Crippen LogP contribution < -0.4 is 5.32 Å². The van der Waals surface area contributed by atoms with Gasteiger partial charge in [-0.15, -0.1) is 0 Å². The quantitative estimate of drug-likeness (QED) is 0.788. The Hall–Kier alpha value is -1.06. The van der Waals surface area contributed by atoms with E-state index in [1.165, 1.54) is 19.3 Å². The largest absolute Gasteiger partial charge is 0.481 e. The zero-order chi connectivity index (χ0) is 13.1. The van der Waals surface area contributed by atoms with E-state index in [0.717, 1.165) is 19.4 Å². The van der Waals surface area contributed by atoms with E-state index in [0.29, 0.717) is 18.3 Å². The summed E-state index contributed by atoms with van der Waals surface area (Å²) in [4.78, 5) is 23.3. The third-order valence-electron chi connectivity index (χ3n) is 4.68. The fourth-order valence-electron chi connectivity index (χ4n) is 3.11. The van der Waals surface area contributed by atoms with Crippen molar-refractivity contribution in [1.29, 1.82) is 0 Å². The topological polar surface area (TPSA) is 66.4 Å². The Balaban J connectivity index is 1.87. The summed E-state index contributed by atoms with van der Waals surface area (Å²) in [5, 5.41) is 12.2. The maximum atomic E-state index is 12.1. The first-order valence-corrected chi connectivity index (χ1v) is 7.12. The third kappa shape index (κ3) is 2.85. The summed E-state index contributed by atoms with van der Waals surface area (Å²) >= 11 is 0. The summed E-state index contributed by atoms with van der Waals surface area (Å²) in [6, 6.07) is 0. The molecule has 18 heavy (non-hydrogen) atoms. The minimum absolute atomic E-state index is 0.0368. The van der Waals surface area contributed by atoms with Gasteiger partial charge in [0.1, 0.15) is 0 Å². The maximum Gasteiger partial charge on any atom is 0.307 e. The van der Waals surface area contributed by atoms with Crippen LogP contribution >= 0.6 is 0 Å². The smallest absolute Gasteiger partial charge is 0.307 e. The van der Waals surface area contributed by atoms with Crippen molar-refractivity contribution < 1.29 is 14.7 Å². The average molecular weight is 253 g/mol. The molecule has 4 nitrogen and oxygen atoms in total. The molecule has 2 fully saturated rings. The first-order chi connectivity index (χ1) is 8.61. The molecule has 102 valence electrons. The Labute approximate surface area is 108 Å². The van der Waals surface area contributed by atoms with Crippen molar-refractivity contribution in [3.8, 4) is 0 Å². The molecule has 2 aliphatic rings. The second kappa shape index (κ2) is 5.72. The van der Waals surface area contributed by atoms with Crippen molar-refractivity contribution in [2.24, 2.45) is 23.7 Å².